The predicted octanol–water partition coefficient (Wildman–Crippen LogP) is 5.02. The van der Waals surface area contributed by atoms with Crippen molar-refractivity contribution in [3.8, 4) is 11.8 Å². The van der Waals surface area contributed by atoms with Crippen LogP contribution in [0.3, 0.4) is 0 Å². The number of allylic oxidation sites excluding steroid dienone is 2. The maximum absolute atomic E-state index is 13.0. The van der Waals surface area contributed by atoms with Gasteiger partial charge in [0.05, 0.1) is 12.7 Å². The van der Waals surface area contributed by atoms with Crippen molar-refractivity contribution in [2.24, 2.45) is 5.41 Å². The number of nitriles is 1. The van der Waals surface area contributed by atoms with Crippen molar-refractivity contribution in [2.75, 3.05) is 7.11 Å². The highest BCUT2D eigenvalue weighted by atomic mass is 16.5. The molecular formula is C23H26N2O2. The van der Waals surface area contributed by atoms with Gasteiger partial charge in [0.2, 0.25) is 0 Å². The number of carbonyl (C=O) groups excluding carboxylic acids is 1. The van der Waals surface area contributed by atoms with Crippen LogP contribution in [-0.4, -0.2) is 13.0 Å². The van der Waals surface area contributed by atoms with E-state index >= 15 is 0 Å². The summed E-state index contributed by atoms with van der Waals surface area (Å²) in [6, 6.07) is 15.4. The number of amides is 1. The Morgan fingerprint density at radius 1 is 1.11 bits per heavy atom. The van der Waals surface area contributed by atoms with Crippen molar-refractivity contribution < 1.29 is 9.53 Å². The lowest BCUT2D eigenvalue weighted by molar-refractivity contribution is 0.0957. The van der Waals surface area contributed by atoms with Gasteiger partial charge in [-0.15, -0.1) is 0 Å². The zero-order chi connectivity index (χ0) is 20.2. The predicted molar refractivity (Wildman–Crippen MR) is 108 cm³/mol. The maximum Gasteiger partial charge on any atom is 0.255 e. The molecule has 0 saturated heterocycles. The number of benzene rings is 2. The first-order chi connectivity index (χ1) is 12.7. The molecule has 0 radical (unpaired) electrons. The van der Waals surface area contributed by atoms with Crippen LogP contribution in [0.2, 0.25) is 0 Å². The lowest BCUT2D eigenvalue weighted by atomic mass is 9.86. The van der Waals surface area contributed by atoms with Gasteiger partial charge in [-0.25, -0.2) is 0 Å². The van der Waals surface area contributed by atoms with Gasteiger partial charge in [0, 0.05) is 22.2 Å². The van der Waals surface area contributed by atoms with E-state index in [1.54, 1.807) is 19.2 Å². The van der Waals surface area contributed by atoms with Gasteiger partial charge >= 0.3 is 0 Å². The minimum atomic E-state index is -0.419. The van der Waals surface area contributed by atoms with Gasteiger partial charge in [0.15, 0.2) is 0 Å². The summed E-state index contributed by atoms with van der Waals surface area (Å²) in [7, 11) is 1.58. The topological polar surface area (TPSA) is 62.1 Å². The summed E-state index contributed by atoms with van der Waals surface area (Å²) in [6.45, 7) is 9.77. The summed E-state index contributed by atoms with van der Waals surface area (Å²) in [5.41, 5.74) is 3.80. The van der Waals surface area contributed by atoms with E-state index in [9.17, 15) is 10.1 Å². The standard InChI is InChI=1S/C23H26N2O2/c1-15-9-7-10-17(13-15)19(14-24)21(23(3,4)5)25-22(26)18-11-8-12-20(27-6)16(18)2/h7-13H,1-6H3,(H,25,26)/b21-19-. The molecule has 0 atom stereocenters. The smallest absolute Gasteiger partial charge is 0.255 e. The fourth-order valence-corrected chi connectivity index (χ4v) is 2.95. The molecule has 2 aromatic carbocycles. The zero-order valence-corrected chi connectivity index (χ0v) is 16.8. The first-order valence-electron chi connectivity index (χ1n) is 8.86. The summed E-state index contributed by atoms with van der Waals surface area (Å²) in [5, 5.41) is 12.8. The normalized spacial score (nSPS) is 12.0. The number of ether oxygens (including phenoxy) is 1. The molecule has 27 heavy (non-hydrogen) atoms. The molecule has 1 amide bonds. The maximum atomic E-state index is 13.0. The number of aryl methyl sites for hydroxylation is 1. The molecule has 0 fully saturated rings. The number of rotatable bonds is 4. The number of hydrogen-bond acceptors (Lipinski definition) is 3. The minimum absolute atomic E-state index is 0.253. The molecular weight excluding hydrogens is 336 g/mol. The largest absolute Gasteiger partial charge is 0.496 e. The average molecular weight is 362 g/mol. The highest BCUT2D eigenvalue weighted by molar-refractivity contribution is 5.99. The molecule has 0 saturated carbocycles. The van der Waals surface area contributed by atoms with Crippen LogP contribution in [0.25, 0.3) is 5.57 Å². The average Bonchev–Trinajstić information content (AvgIpc) is 2.61. The molecule has 4 nitrogen and oxygen atoms in total. The van der Waals surface area contributed by atoms with Crippen LogP contribution < -0.4 is 10.1 Å². The van der Waals surface area contributed by atoms with Gasteiger partial charge < -0.3 is 10.1 Å². The number of carbonyl (C=O) groups is 1. The van der Waals surface area contributed by atoms with Crippen LogP contribution in [0.4, 0.5) is 0 Å². The van der Waals surface area contributed by atoms with Crippen LogP contribution in [0, 0.1) is 30.6 Å². The molecule has 140 valence electrons. The molecule has 2 rings (SSSR count). The van der Waals surface area contributed by atoms with Crippen molar-refractivity contribution in [3.05, 3.63) is 70.4 Å². The molecule has 0 aliphatic carbocycles. The summed E-state index contributed by atoms with van der Waals surface area (Å²) >= 11 is 0. The fourth-order valence-electron chi connectivity index (χ4n) is 2.95. The second kappa shape index (κ2) is 8.09. The summed E-state index contributed by atoms with van der Waals surface area (Å²) in [4.78, 5) is 13.0. The molecule has 2 aromatic rings. The lowest BCUT2D eigenvalue weighted by Crippen LogP contribution is -2.31. The Bertz CT molecular complexity index is 928. The van der Waals surface area contributed by atoms with Gasteiger partial charge in [0.25, 0.3) is 5.91 Å². The van der Waals surface area contributed by atoms with E-state index in [-0.39, 0.29) is 5.91 Å². The minimum Gasteiger partial charge on any atom is -0.496 e. The number of methoxy groups -OCH3 is 1. The second-order valence-electron chi connectivity index (χ2n) is 7.57. The summed E-state index contributed by atoms with van der Waals surface area (Å²) < 4.78 is 5.31. The van der Waals surface area contributed by atoms with E-state index < -0.39 is 5.41 Å². The third-order valence-corrected chi connectivity index (χ3v) is 4.41. The van der Waals surface area contributed by atoms with Crippen LogP contribution >= 0.6 is 0 Å². The van der Waals surface area contributed by atoms with E-state index in [1.165, 1.54) is 0 Å². The Kier molecular flexibility index (Phi) is 6.07. The summed E-state index contributed by atoms with van der Waals surface area (Å²) in [6.07, 6.45) is 0. The Morgan fingerprint density at radius 3 is 2.33 bits per heavy atom. The van der Waals surface area contributed by atoms with Gasteiger partial charge in [-0.2, -0.15) is 5.26 Å². The molecule has 1 N–H and O–H groups in total. The van der Waals surface area contributed by atoms with Crippen molar-refractivity contribution in [3.63, 3.8) is 0 Å². The van der Waals surface area contributed by atoms with E-state index in [2.05, 4.69) is 11.4 Å². The molecule has 0 spiro atoms. The van der Waals surface area contributed by atoms with Gasteiger partial charge in [-0.05, 0) is 31.5 Å². The Balaban J connectivity index is 2.55. The van der Waals surface area contributed by atoms with Crippen LogP contribution in [-0.2, 0) is 0 Å². The molecule has 0 bridgehead atoms. The van der Waals surface area contributed by atoms with Crippen molar-refractivity contribution in [1.82, 2.24) is 5.32 Å². The fraction of sp³-hybridized carbons (Fsp3) is 0.304. The highest BCUT2D eigenvalue weighted by Crippen LogP contribution is 2.31. The first-order valence-corrected chi connectivity index (χ1v) is 8.86. The molecule has 0 aliphatic heterocycles. The van der Waals surface area contributed by atoms with Crippen molar-refractivity contribution >= 4 is 11.5 Å². The molecule has 0 aromatic heterocycles. The van der Waals surface area contributed by atoms with Gasteiger partial charge in [-0.3, -0.25) is 4.79 Å². The lowest BCUT2D eigenvalue weighted by Gasteiger charge is -2.26. The monoisotopic (exact) mass is 362 g/mol. The molecule has 4 heteroatoms. The van der Waals surface area contributed by atoms with Crippen molar-refractivity contribution in [1.29, 1.82) is 5.26 Å². The molecule has 0 unspecified atom stereocenters. The molecule has 0 aliphatic rings. The van der Waals surface area contributed by atoms with E-state index in [4.69, 9.17) is 4.74 Å². The third-order valence-electron chi connectivity index (χ3n) is 4.41. The van der Waals surface area contributed by atoms with Crippen LogP contribution in [0.5, 0.6) is 5.75 Å². The van der Waals surface area contributed by atoms with Crippen LogP contribution in [0.15, 0.2) is 48.2 Å². The van der Waals surface area contributed by atoms with E-state index in [0.29, 0.717) is 22.6 Å². The Morgan fingerprint density at radius 2 is 1.78 bits per heavy atom. The number of hydrogen-bond donors (Lipinski definition) is 1. The SMILES string of the molecule is COc1cccc(C(=O)N/C(=C(/C#N)c2cccc(C)c2)C(C)(C)C)c1C. The van der Waals surface area contributed by atoms with Crippen LogP contribution in [0.1, 0.15) is 47.8 Å². The van der Waals surface area contributed by atoms with Gasteiger partial charge in [0.1, 0.15) is 11.8 Å². The Hall–Kier alpha value is -3.06. The quantitative estimate of drug-likeness (QED) is 0.777. The van der Waals surface area contributed by atoms with Crippen molar-refractivity contribution in [2.45, 2.75) is 34.6 Å². The highest BCUT2D eigenvalue weighted by Gasteiger charge is 2.25. The van der Waals surface area contributed by atoms with Gasteiger partial charge in [-0.1, -0.05) is 56.7 Å². The number of nitrogens with zero attached hydrogens (tertiary/aromatic N) is 1. The Labute approximate surface area is 161 Å². The first kappa shape index (κ1) is 20.3. The third kappa shape index (κ3) is 4.57. The second-order valence-corrected chi connectivity index (χ2v) is 7.57. The van der Waals surface area contributed by atoms with E-state index in [0.717, 1.165) is 16.7 Å². The summed E-state index contributed by atoms with van der Waals surface area (Å²) in [5.74, 6) is 0.403. The van der Waals surface area contributed by atoms with E-state index in [1.807, 2.05) is 65.0 Å². The number of nitrogens with one attached hydrogen (secondary N) is 1. The molecule has 0 heterocycles. The zero-order valence-electron chi connectivity index (χ0n) is 16.8.